The Bertz CT molecular complexity index is 568. The molecular weight excluding hydrogens is 265 g/mol. The highest BCUT2D eigenvalue weighted by Gasteiger charge is 2.64. The molecule has 1 fully saturated rings. The minimum absolute atomic E-state index is 0.0216. The van der Waals surface area contributed by atoms with Gasteiger partial charge < -0.3 is 0 Å². The average Bonchev–Trinajstić information content (AvgIpc) is 2.82. The maximum atomic E-state index is 13.3. The molecule has 3 rings (SSSR count). The summed E-state index contributed by atoms with van der Waals surface area (Å²) in [6, 6.07) is -0.0492. The molecule has 1 aromatic heterocycles. The molecule has 0 saturated heterocycles. The van der Waals surface area contributed by atoms with Crippen molar-refractivity contribution in [2.45, 2.75) is 71.0 Å². The second-order valence-corrected chi connectivity index (χ2v) is 7.29. The molecule has 1 saturated carbocycles. The van der Waals surface area contributed by atoms with Gasteiger partial charge in [-0.1, -0.05) is 20.8 Å². The zero-order chi connectivity index (χ0) is 15.1. The maximum absolute atomic E-state index is 13.3. The van der Waals surface area contributed by atoms with Crippen molar-refractivity contribution in [2.75, 3.05) is 0 Å². The Morgan fingerprint density at radius 3 is 2.35 bits per heavy atom. The highest BCUT2D eigenvalue weighted by atomic mass is 19.4. The first kappa shape index (κ1) is 14.0. The molecule has 2 bridgehead atoms. The fraction of sp³-hybridized carbons (Fsp3) is 0.800. The van der Waals surface area contributed by atoms with E-state index < -0.39 is 11.9 Å². The van der Waals surface area contributed by atoms with Gasteiger partial charge in [0, 0.05) is 22.7 Å². The van der Waals surface area contributed by atoms with E-state index in [9.17, 15) is 13.2 Å². The molecular formula is C15H21F3N2. The molecule has 112 valence electrons. The molecule has 0 N–H and O–H groups in total. The van der Waals surface area contributed by atoms with Gasteiger partial charge >= 0.3 is 6.18 Å². The van der Waals surface area contributed by atoms with Gasteiger partial charge in [0.1, 0.15) is 0 Å². The summed E-state index contributed by atoms with van der Waals surface area (Å²) in [6.45, 7) is 10.1. The summed E-state index contributed by atoms with van der Waals surface area (Å²) in [6.07, 6.45) is -2.57. The predicted octanol–water partition coefficient (Wildman–Crippen LogP) is 4.66. The minimum atomic E-state index is -4.36. The van der Waals surface area contributed by atoms with Gasteiger partial charge in [-0.15, -0.1) is 0 Å². The molecule has 2 aliphatic carbocycles. The zero-order valence-electron chi connectivity index (χ0n) is 12.6. The molecule has 0 radical (unpaired) electrons. The number of fused-ring (bicyclic) bond motifs is 5. The third kappa shape index (κ3) is 1.39. The number of alkyl halides is 3. The Morgan fingerprint density at radius 2 is 1.85 bits per heavy atom. The van der Waals surface area contributed by atoms with Gasteiger partial charge in [-0.25, -0.2) is 0 Å². The Balaban J connectivity index is 2.33. The topological polar surface area (TPSA) is 17.8 Å². The number of halogens is 3. The summed E-state index contributed by atoms with van der Waals surface area (Å²) < 4.78 is 41.7. The first-order valence-corrected chi connectivity index (χ1v) is 7.22. The van der Waals surface area contributed by atoms with E-state index in [1.165, 1.54) is 0 Å². The van der Waals surface area contributed by atoms with Crippen LogP contribution in [-0.4, -0.2) is 9.78 Å². The SMILES string of the molecule is CC(C)n1nc(C(F)(F)F)c2c1C1(C)CCC2C1(C)C. The standard InChI is InChI=1S/C15H21F3N2/c1-8(2)20-12-10(11(19-20)15(16,17)18)9-6-7-14(12,5)13(9,3)4/h8-9H,6-7H2,1-5H3. The van der Waals surface area contributed by atoms with Gasteiger partial charge in [0.15, 0.2) is 5.69 Å². The fourth-order valence-electron chi connectivity index (χ4n) is 4.34. The molecule has 2 aliphatic rings. The van der Waals surface area contributed by atoms with E-state index in [2.05, 4.69) is 25.9 Å². The zero-order valence-corrected chi connectivity index (χ0v) is 12.6. The van der Waals surface area contributed by atoms with Crippen molar-refractivity contribution in [3.63, 3.8) is 0 Å². The largest absolute Gasteiger partial charge is 0.435 e. The minimum Gasteiger partial charge on any atom is -0.266 e. The second kappa shape index (κ2) is 3.60. The van der Waals surface area contributed by atoms with Crippen LogP contribution in [0, 0.1) is 5.41 Å². The summed E-state index contributed by atoms with van der Waals surface area (Å²) in [7, 11) is 0. The van der Waals surface area contributed by atoms with Crippen molar-refractivity contribution in [1.29, 1.82) is 0 Å². The summed E-state index contributed by atoms with van der Waals surface area (Å²) in [5, 5.41) is 3.95. The van der Waals surface area contributed by atoms with E-state index in [0.717, 1.165) is 18.5 Å². The van der Waals surface area contributed by atoms with Crippen molar-refractivity contribution >= 4 is 0 Å². The summed E-state index contributed by atoms with van der Waals surface area (Å²) in [5.41, 5.74) is 0.333. The maximum Gasteiger partial charge on any atom is 0.435 e. The fourth-order valence-corrected chi connectivity index (χ4v) is 4.34. The van der Waals surface area contributed by atoms with E-state index in [-0.39, 0.29) is 22.8 Å². The first-order chi connectivity index (χ1) is 9.02. The van der Waals surface area contributed by atoms with Crippen LogP contribution >= 0.6 is 0 Å². The molecule has 0 amide bonds. The molecule has 0 aliphatic heterocycles. The lowest BCUT2D eigenvalue weighted by molar-refractivity contribution is -0.142. The van der Waals surface area contributed by atoms with E-state index in [1.807, 2.05) is 13.8 Å². The highest BCUT2D eigenvalue weighted by Crippen LogP contribution is 2.69. The number of hydrogen-bond donors (Lipinski definition) is 0. The van der Waals surface area contributed by atoms with Crippen LogP contribution in [0.3, 0.4) is 0 Å². The summed E-state index contributed by atoms with van der Waals surface area (Å²) in [5.74, 6) is -0.0216. The van der Waals surface area contributed by atoms with Gasteiger partial charge in [-0.05, 0) is 38.0 Å². The van der Waals surface area contributed by atoms with E-state index in [4.69, 9.17) is 0 Å². The number of rotatable bonds is 1. The molecule has 0 aromatic carbocycles. The molecule has 20 heavy (non-hydrogen) atoms. The summed E-state index contributed by atoms with van der Waals surface area (Å²) in [4.78, 5) is 0. The highest BCUT2D eigenvalue weighted by molar-refractivity contribution is 5.49. The number of hydrogen-bond acceptors (Lipinski definition) is 1. The Hall–Kier alpha value is -1.00. The predicted molar refractivity (Wildman–Crippen MR) is 70.7 cm³/mol. The molecule has 1 aromatic rings. The smallest absolute Gasteiger partial charge is 0.266 e. The van der Waals surface area contributed by atoms with Crippen LogP contribution in [0.25, 0.3) is 0 Å². The van der Waals surface area contributed by atoms with Gasteiger partial charge in [0.2, 0.25) is 0 Å². The number of aromatic nitrogens is 2. The Morgan fingerprint density at radius 1 is 1.25 bits per heavy atom. The molecule has 2 unspecified atom stereocenters. The van der Waals surface area contributed by atoms with Crippen LogP contribution in [0.2, 0.25) is 0 Å². The van der Waals surface area contributed by atoms with Crippen LogP contribution in [0.1, 0.15) is 76.4 Å². The van der Waals surface area contributed by atoms with Crippen LogP contribution in [0.4, 0.5) is 13.2 Å². The van der Waals surface area contributed by atoms with Crippen LogP contribution in [0.5, 0.6) is 0 Å². The van der Waals surface area contributed by atoms with Crippen molar-refractivity contribution in [2.24, 2.45) is 5.41 Å². The third-order valence-electron chi connectivity index (χ3n) is 5.80. The van der Waals surface area contributed by atoms with E-state index in [1.54, 1.807) is 4.68 Å². The Kier molecular flexibility index (Phi) is 2.51. The normalized spacial score (nSPS) is 31.1. The van der Waals surface area contributed by atoms with Crippen molar-refractivity contribution in [3.05, 3.63) is 17.0 Å². The van der Waals surface area contributed by atoms with Crippen LogP contribution in [-0.2, 0) is 11.6 Å². The summed E-state index contributed by atoms with van der Waals surface area (Å²) >= 11 is 0. The van der Waals surface area contributed by atoms with Gasteiger partial charge in [-0.2, -0.15) is 18.3 Å². The van der Waals surface area contributed by atoms with Crippen molar-refractivity contribution in [1.82, 2.24) is 9.78 Å². The molecule has 0 spiro atoms. The Labute approximate surface area is 117 Å². The van der Waals surface area contributed by atoms with Crippen LogP contribution < -0.4 is 0 Å². The van der Waals surface area contributed by atoms with Gasteiger partial charge in [0.05, 0.1) is 0 Å². The molecule has 2 nitrogen and oxygen atoms in total. The monoisotopic (exact) mass is 286 g/mol. The van der Waals surface area contributed by atoms with Gasteiger partial charge in [-0.3, -0.25) is 4.68 Å². The number of nitrogens with zero attached hydrogens (tertiary/aromatic N) is 2. The van der Waals surface area contributed by atoms with Crippen molar-refractivity contribution in [3.8, 4) is 0 Å². The lowest BCUT2D eigenvalue weighted by Gasteiger charge is -2.36. The molecule has 1 heterocycles. The lowest BCUT2D eigenvalue weighted by atomic mass is 9.70. The quantitative estimate of drug-likeness (QED) is 0.734. The van der Waals surface area contributed by atoms with E-state index in [0.29, 0.717) is 5.56 Å². The molecule has 5 heteroatoms. The third-order valence-corrected chi connectivity index (χ3v) is 5.80. The van der Waals surface area contributed by atoms with Crippen molar-refractivity contribution < 1.29 is 13.2 Å². The van der Waals surface area contributed by atoms with E-state index >= 15 is 0 Å². The molecule has 2 atom stereocenters. The second-order valence-electron chi connectivity index (χ2n) is 7.29. The lowest BCUT2D eigenvalue weighted by Crippen LogP contribution is -2.34. The average molecular weight is 286 g/mol. The van der Waals surface area contributed by atoms with Gasteiger partial charge in [0.25, 0.3) is 0 Å². The first-order valence-electron chi connectivity index (χ1n) is 7.22. The van der Waals surface area contributed by atoms with Crippen LogP contribution in [0.15, 0.2) is 0 Å².